The monoisotopic (exact) mass is 236 g/mol. The summed E-state index contributed by atoms with van der Waals surface area (Å²) in [6, 6.07) is 7.27. The fraction of sp³-hybridized carbons (Fsp3) is 0.538. The number of para-hydroxylation sites is 1. The summed E-state index contributed by atoms with van der Waals surface area (Å²) in [5.41, 5.74) is 0.841. The molecule has 2 rings (SSSR count). The standard InChI is InChI=1S/C13H20N2O2/c16-10-11(9-15-7-5-14-6-8-15)12-3-1-2-4-13(12)17/h1-4,11,14,16-17H,5-10H2. The van der Waals surface area contributed by atoms with Crippen LogP contribution >= 0.6 is 0 Å². The van der Waals surface area contributed by atoms with Gasteiger partial charge in [-0.3, -0.25) is 0 Å². The molecule has 0 radical (unpaired) electrons. The lowest BCUT2D eigenvalue weighted by atomic mass is 9.98. The van der Waals surface area contributed by atoms with Gasteiger partial charge in [0.2, 0.25) is 0 Å². The largest absolute Gasteiger partial charge is 0.508 e. The number of hydrogen-bond donors (Lipinski definition) is 3. The molecule has 0 bridgehead atoms. The Hall–Kier alpha value is -1.10. The number of aliphatic hydroxyl groups excluding tert-OH is 1. The van der Waals surface area contributed by atoms with Crippen LogP contribution in [0.5, 0.6) is 5.75 Å². The zero-order chi connectivity index (χ0) is 12.1. The van der Waals surface area contributed by atoms with Crippen molar-refractivity contribution in [2.75, 3.05) is 39.3 Å². The van der Waals surface area contributed by atoms with Crippen molar-refractivity contribution in [1.29, 1.82) is 0 Å². The molecule has 1 saturated heterocycles. The number of aromatic hydroxyl groups is 1. The quantitative estimate of drug-likeness (QED) is 0.707. The molecule has 0 aromatic heterocycles. The molecule has 4 heteroatoms. The molecule has 1 heterocycles. The number of benzene rings is 1. The van der Waals surface area contributed by atoms with Crippen LogP contribution in [0.25, 0.3) is 0 Å². The number of rotatable bonds is 4. The van der Waals surface area contributed by atoms with Crippen molar-refractivity contribution in [1.82, 2.24) is 10.2 Å². The van der Waals surface area contributed by atoms with Crippen molar-refractivity contribution >= 4 is 0 Å². The van der Waals surface area contributed by atoms with Gasteiger partial charge in [-0.15, -0.1) is 0 Å². The first-order chi connectivity index (χ1) is 8.31. The smallest absolute Gasteiger partial charge is 0.119 e. The third-order valence-corrected chi connectivity index (χ3v) is 3.29. The topological polar surface area (TPSA) is 55.7 Å². The Bertz CT molecular complexity index is 351. The summed E-state index contributed by atoms with van der Waals surface area (Å²) < 4.78 is 0. The third kappa shape index (κ3) is 3.19. The molecule has 0 aliphatic carbocycles. The first-order valence-electron chi connectivity index (χ1n) is 6.13. The van der Waals surface area contributed by atoms with Crippen LogP contribution in [0.15, 0.2) is 24.3 Å². The van der Waals surface area contributed by atoms with E-state index in [0.717, 1.165) is 38.3 Å². The zero-order valence-corrected chi connectivity index (χ0v) is 9.97. The Balaban J connectivity index is 2.03. The second-order valence-corrected chi connectivity index (χ2v) is 4.49. The van der Waals surface area contributed by atoms with E-state index in [0.29, 0.717) is 0 Å². The molecule has 1 aliphatic rings. The number of nitrogens with one attached hydrogen (secondary N) is 1. The molecule has 1 aliphatic heterocycles. The third-order valence-electron chi connectivity index (χ3n) is 3.29. The van der Waals surface area contributed by atoms with Crippen molar-refractivity contribution in [3.8, 4) is 5.75 Å². The molecule has 1 aromatic carbocycles. The summed E-state index contributed by atoms with van der Waals surface area (Å²) >= 11 is 0. The normalized spacial score (nSPS) is 19.1. The Labute approximate surface area is 102 Å². The molecule has 1 unspecified atom stereocenters. The van der Waals surface area contributed by atoms with Crippen LogP contribution in [0, 0.1) is 0 Å². The van der Waals surface area contributed by atoms with Gasteiger partial charge in [-0.2, -0.15) is 0 Å². The highest BCUT2D eigenvalue weighted by molar-refractivity contribution is 5.35. The van der Waals surface area contributed by atoms with Crippen molar-refractivity contribution in [3.05, 3.63) is 29.8 Å². The van der Waals surface area contributed by atoms with E-state index in [4.69, 9.17) is 0 Å². The predicted octanol–water partition coefficient (Wildman–Crippen LogP) is 0.373. The van der Waals surface area contributed by atoms with Crippen LogP contribution < -0.4 is 5.32 Å². The molecule has 1 aromatic rings. The highest BCUT2D eigenvalue weighted by Gasteiger charge is 2.19. The van der Waals surface area contributed by atoms with Crippen LogP contribution in [0.4, 0.5) is 0 Å². The van der Waals surface area contributed by atoms with Crippen LogP contribution in [-0.2, 0) is 0 Å². The van der Waals surface area contributed by atoms with E-state index in [1.54, 1.807) is 12.1 Å². The van der Waals surface area contributed by atoms with Crippen LogP contribution in [0.1, 0.15) is 11.5 Å². The van der Waals surface area contributed by atoms with Gasteiger partial charge in [-0.25, -0.2) is 0 Å². The lowest BCUT2D eigenvalue weighted by Gasteiger charge is -2.30. The number of phenolic OH excluding ortho intramolecular Hbond substituents is 1. The van der Waals surface area contributed by atoms with E-state index in [2.05, 4.69) is 10.2 Å². The molecular formula is C13H20N2O2. The van der Waals surface area contributed by atoms with Gasteiger partial charge in [0.1, 0.15) is 5.75 Å². The van der Waals surface area contributed by atoms with Gasteiger partial charge < -0.3 is 20.4 Å². The number of hydrogen-bond acceptors (Lipinski definition) is 4. The van der Waals surface area contributed by atoms with Gasteiger partial charge in [0, 0.05) is 44.2 Å². The van der Waals surface area contributed by atoms with E-state index >= 15 is 0 Å². The van der Waals surface area contributed by atoms with Crippen molar-refractivity contribution in [2.45, 2.75) is 5.92 Å². The first kappa shape index (κ1) is 12.4. The molecule has 0 saturated carbocycles. The SMILES string of the molecule is OCC(CN1CCNCC1)c1ccccc1O. The van der Waals surface area contributed by atoms with Gasteiger partial charge in [0.25, 0.3) is 0 Å². The van der Waals surface area contributed by atoms with E-state index < -0.39 is 0 Å². The minimum Gasteiger partial charge on any atom is -0.508 e. The Morgan fingerprint density at radius 2 is 1.94 bits per heavy atom. The summed E-state index contributed by atoms with van der Waals surface area (Å²) in [4.78, 5) is 2.32. The average molecular weight is 236 g/mol. The predicted molar refractivity (Wildman–Crippen MR) is 67.2 cm³/mol. The van der Waals surface area contributed by atoms with E-state index in [9.17, 15) is 10.2 Å². The van der Waals surface area contributed by atoms with Gasteiger partial charge in [-0.1, -0.05) is 18.2 Å². The molecule has 94 valence electrons. The maximum Gasteiger partial charge on any atom is 0.119 e. The van der Waals surface area contributed by atoms with Gasteiger partial charge in [0.05, 0.1) is 6.61 Å². The van der Waals surface area contributed by atoms with Crippen LogP contribution in [0.3, 0.4) is 0 Å². The zero-order valence-electron chi connectivity index (χ0n) is 9.97. The van der Waals surface area contributed by atoms with E-state index in [-0.39, 0.29) is 18.3 Å². The van der Waals surface area contributed by atoms with Crippen LogP contribution in [-0.4, -0.2) is 54.4 Å². The lowest BCUT2D eigenvalue weighted by molar-refractivity contribution is 0.184. The summed E-state index contributed by atoms with van der Waals surface area (Å²) in [5, 5.41) is 22.6. The summed E-state index contributed by atoms with van der Waals surface area (Å²) in [7, 11) is 0. The Morgan fingerprint density at radius 1 is 1.24 bits per heavy atom. The summed E-state index contributed by atoms with van der Waals surface area (Å²) in [6.07, 6.45) is 0. The van der Waals surface area contributed by atoms with Crippen LogP contribution in [0.2, 0.25) is 0 Å². The van der Waals surface area contributed by atoms with E-state index in [1.165, 1.54) is 0 Å². The maximum atomic E-state index is 9.80. The average Bonchev–Trinajstić information content (AvgIpc) is 2.38. The molecule has 1 fully saturated rings. The minimum absolute atomic E-state index is 0.00528. The lowest BCUT2D eigenvalue weighted by Crippen LogP contribution is -2.45. The van der Waals surface area contributed by atoms with Gasteiger partial charge in [0.15, 0.2) is 0 Å². The van der Waals surface area contributed by atoms with Crippen molar-refractivity contribution in [2.24, 2.45) is 0 Å². The minimum atomic E-state index is -0.00528. The molecule has 1 atom stereocenters. The molecular weight excluding hydrogens is 216 g/mol. The molecule has 0 amide bonds. The second kappa shape index (κ2) is 6.00. The van der Waals surface area contributed by atoms with E-state index in [1.807, 2.05) is 12.1 Å². The highest BCUT2D eigenvalue weighted by atomic mass is 16.3. The molecule has 4 nitrogen and oxygen atoms in total. The fourth-order valence-corrected chi connectivity index (χ4v) is 2.29. The molecule has 0 spiro atoms. The van der Waals surface area contributed by atoms with Gasteiger partial charge >= 0.3 is 0 Å². The summed E-state index contributed by atoms with van der Waals surface area (Å²) in [5.74, 6) is 0.274. The Kier molecular flexibility index (Phi) is 4.36. The molecule has 17 heavy (non-hydrogen) atoms. The first-order valence-corrected chi connectivity index (χ1v) is 6.13. The highest BCUT2D eigenvalue weighted by Crippen LogP contribution is 2.25. The maximum absolute atomic E-state index is 9.80. The number of phenols is 1. The second-order valence-electron chi connectivity index (χ2n) is 4.49. The summed E-state index contributed by atoms with van der Waals surface area (Å²) in [6.45, 7) is 4.88. The molecule has 3 N–H and O–H groups in total. The van der Waals surface area contributed by atoms with Crippen molar-refractivity contribution in [3.63, 3.8) is 0 Å². The number of nitrogens with zero attached hydrogens (tertiary/aromatic N) is 1. The Morgan fingerprint density at radius 3 is 2.59 bits per heavy atom. The number of aliphatic hydroxyl groups is 1. The van der Waals surface area contributed by atoms with Gasteiger partial charge in [-0.05, 0) is 6.07 Å². The number of piperazine rings is 1. The fourth-order valence-electron chi connectivity index (χ4n) is 2.29. The van der Waals surface area contributed by atoms with Crippen molar-refractivity contribution < 1.29 is 10.2 Å².